The molecular formula is C13H16N4O3S. The summed E-state index contributed by atoms with van der Waals surface area (Å²) in [6.45, 7) is 0.120. The molecule has 0 aliphatic rings. The number of hydrogen-bond acceptors (Lipinski definition) is 5. The van der Waals surface area contributed by atoms with Crippen molar-refractivity contribution in [2.75, 3.05) is 13.6 Å². The molecule has 2 rings (SSSR count). The van der Waals surface area contributed by atoms with Crippen LogP contribution in [0.2, 0.25) is 0 Å². The number of sulfonamides is 1. The molecule has 0 saturated carbocycles. The van der Waals surface area contributed by atoms with E-state index in [9.17, 15) is 8.42 Å². The molecule has 0 fully saturated rings. The summed E-state index contributed by atoms with van der Waals surface area (Å²) in [4.78, 5) is 4.34. The molecule has 0 atom stereocenters. The zero-order valence-corrected chi connectivity index (χ0v) is 12.3. The van der Waals surface area contributed by atoms with Crippen molar-refractivity contribution in [3.05, 3.63) is 36.5 Å². The first-order valence-electron chi connectivity index (χ1n) is 6.23. The number of pyridine rings is 1. The monoisotopic (exact) mass is 308 g/mol. The first-order valence-corrected chi connectivity index (χ1v) is 7.67. The lowest BCUT2D eigenvalue weighted by Crippen LogP contribution is -2.30. The second kappa shape index (κ2) is 6.06. The molecule has 0 spiro atoms. The van der Waals surface area contributed by atoms with E-state index in [1.165, 1.54) is 11.4 Å². The fourth-order valence-electron chi connectivity index (χ4n) is 1.91. The quantitative estimate of drug-likeness (QED) is 0.370. The van der Waals surface area contributed by atoms with Crippen LogP contribution in [-0.2, 0) is 10.0 Å². The van der Waals surface area contributed by atoms with Gasteiger partial charge in [0.2, 0.25) is 10.0 Å². The number of nitrogens with zero attached hydrogens (tertiary/aromatic N) is 3. The second-order valence-corrected chi connectivity index (χ2v) is 6.51. The minimum Gasteiger partial charge on any atom is -0.409 e. The predicted octanol–water partition coefficient (Wildman–Crippen LogP) is 0.992. The number of nitrogens with two attached hydrogens (primary N) is 1. The Bertz CT molecular complexity index is 769. The smallest absolute Gasteiger partial charge is 0.243 e. The molecule has 3 N–H and O–H groups in total. The zero-order chi connectivity index (χ0) is 15.5. The van der Waals surface area contributed by atoms with Crippen LogP contribution in [0.1, 0.15) is 6.42 Å². The van der Waals surface area contributed by atoms with E-state index in [-0.39, 0.29) is 23.7 Å². The number of hydrogen-bond donors (Lipinski definition) is 2. The van der Waals surface area contributed by atoms with Gasteiger partial charge in [-0.05, 0) is 24.3 Å². The Morgan fingerprint density at radius 3 is 2.86 bits per heavy atom. The van der Waals surface area contributed by atoms with Crippen LogP contribution in [0, 0.1) is 0 Å². The van der Waals surface area contributed by atoms with Gasteiger partial charge in [0.25, 0.3) is 0 Å². The first kappa shape index (κ1) is 15.2. The van der Waals surface area contributed by atoms with E-state index < -0.39 is 10.0 Å². The number of aromatic nitrogens is 1. The summed E-state index contributed by atoms with van der Waals surface area (Å²) in [5.74, 6) is -0.0170. The second-order valence-electron chi connectivity index (χ2n) is 4.49. The molecule has 1 heterocycles. The number of benzene rings is 1. The zero-order valence-electron chi connectivity index (χ0n) is 11.5. The van der Waals surface area contributed by atoms with Gasteiger partial charge in [0, 0.05) is 31.6 Å². The highest BCUT2D eigenvalue weighted by Gasteiger charge is 2.23. The van der Waals surface area contributed by atoms with Crippen LogP contribution >= 0.6 is 0 Å². The Morgan fingerprint density at radius 1 is 1.38 bits per heavy atom. The lowest BCUT2D eigenvalue weighted by molar-refractivity contribution is 0.316. The van der Waals surface area contributed by atoms with Crippen molar-refractivity contribution in [3.8, 4) is 0 Å². The van der Waals surface area contributed by atoms with Crippen LogP contribution in [0.15, 0.2) is 46.6 Å². The van der Waals surface area contributed by atoms with Gasteiger partial charge in [-0.25, -0.2) is 12.7 Å². The van der Waals surface area contributed by atoms with Crippen LogP contribution in [-0.4, -0.2) is 42.3 Å². The van der Waals surface area contributed by atoms with Crippen molar-refractivity contribution in [1.82, 2.24) is 9.29 Å². The van der Waals surface area contributed by atoms with Gasteiger partial charge in [-0.2, -0.15) is 0 Å². The SMILES string of the molecule is CN(CC/C(N)=N/O)S(=O)(=O)c1cccc2ncccc12. The van der Waals surface area contributed by atoms with Crippen molar-refractivity contribution in [1.29, 1.82) is 0 Å². The molecule has 0 aliphatic heterocycles. The van der Waals surface area contributed by atoms with Crippen LogP contribution in [0.4, 0.5) is 0 Å². The normalized spacial score (nSPS) is 13.0. The summed E-state index contributed by atoms with van der Waals surface area (Å²) in [5.41, 5.74) is 5.98. The van der Waals surface area contributed by atoms with E-state index in [0.717, 1.165) is 0 Å². The van der Waals surface area contributed by atoms with Crippen LogP contribution in [0.25, 0.3) is 10.9 Å². The number of fused-ring (bicyclic) bond motifs is 1. The molecule has 0 saturated heterocycles. The summed E-state index contributed by atoms with van der Waals surface area (Å²) < 4.78 is 26.4. The highest BCUT2D eigenvalue weighted by molar-refractivity contribution is 7.89. The number of amidine groups is 1. The average molecular weight is 308 g/mol. The van der Waals surface area contributed by atoms with Gasteiger partial charge in [-0.1, -0.05) is 11.2 Å². The molecule has 2 aromatic rings. The van der Waals surface area contributed by atoms with Crippen molar-refractivity contribution in [2.45, 2.75) is 11.3 Å². The fraction of sp³-hybridized carbons (Fsp3) is 0.231. The molecule has 1 aromatic carbocycles. The summed E-state index contributed by atoms with van der Waals surface area (Å²) in [6.07, 6.45) is 1.76. The highest BCUT2D eigenvalue weighted by atomic mass is 32.2. The topological polar surface area (TPSA) is 109 Å². The Kier molecular flexibility index (Phi) is 4.39. The molecule has 0 bridgehead atoms. The minimum atomic E-state index is -3.67. The molecule has 0 aliphatic carbocycles. The maximum absolute atomic E-state index is 12.6. The van der Waals surface area contributed by atoms with E-state index in [1.54, 1.807) is 36.5 Å². The maximum Gasteiger partial charge on any atom is 0.243 e. The number of rotatable bonds is 5. The fourth-order valence-corrected chi connectivity index (χ4v) is 3.28. The highest BCUT2D eigenvalue weighted by Crippen LogP contribution is 2.23. The lowest BCUT2D eigenvalue weighted by atomic mass is 10.2. The van der Waals surface area contributed by atoms with E-state index in [1.807, 2.05) is 0 Å². The van der Waals surface area contributed by atoms with Crippen molar-refractivity contribution < 1.29 is 13.6 Å². The molecule has 21 heavy (non-hydrogen) atoms. The van der Waals surface area contributed by atoms with E-state index in [0.29, 0.717) is 10.9 Å². The maximum atomic E-state index is 12.6. The molecule has 112 valence electrons. The average Bonchev–Trinajstić information content (AvgIpc) is 2.51. The lowest BCUT2D eigenvalue weighted by Gasteiger charge is -2.17. The Morgan fingerprint density at radius 2 is 2.14 bits per heavy atom. The molecule has 8 heteroatoms. The Labute approximate surface area is 122 Å². The minimum absolute atomic E-state index is 0.0170. The first-order chi connectivity index (χ1) is 9.96. The largest absolute Gasteiger partial charge is 0.409 e. The Balaban J connectivity index is 2.38. The van der Waals surface area contributed by atoms with Gasteiger partial charge in [-0.3, -0.25) is 4.98 Å². The summed E-state index contributed by atoms with van der Waals surface area (Å²) >= 11 is 0. The molecule has 0 amide bonds. The molecular weight excluding hydrogens is 292 g/mol. The van der Waals surface area contributed by atoms with E-state index >= 15 is 0 Å². The van der Waals surface area contributed by atoms with Gasteiger partial charge in [0.15, 0.2) is 0 Å². The van der Waals surface area contributed by atoms with Crippen molar-refractivity contribution in [2.24, 2.45) is 10.9 Å². The van der Waals surface area contributed by atoms with Crippen LogP contribution in [0.3, 0.4) is 0 Å². The molecule has 0 radical (unpaired) electrons. The van der Waals surface area contributed by atoms with Gasteiger partial charge in [0.05, 0.1) is 10.4 Å². The molecule has 0 unspecified atom stereocenters. The third kappa shape index (κ3) is 3.11. The summed E-state index contributed by atoms with van der Waals surface area (Å²) in [5, 5.41) is 11.9. The van der Waals surface area contributed by atoms with Crippen molar-refractivity contribution in [3.63, 3.8) is 0 Å². The third-order valence-corrected chi connectivity index (χ3v) is 5.02. The summed E-state index contributed by atoms with van der Waals surface area (Å²) in [6, 6.07) is 8.36. The van der Waals surface area contributed by atoms with E-state index in [2.05, 4.69) is 10.1 Å². The van der Waals surface area contributed by atoms with Crippen molar-refractivity contribution >= 4 is 26.8 Å². The Hall–Kier alpha value is -2.19. The third-order valence-electron chi connectivity index (χ3n) is 3.11. The van der Waals surface area contributed by atoms with Gasteiger partial charge in [0.1, 0.15) is 5.84 Å². The predicted molar refractivity (Wildman–Crippen MR) is 79.6 cm³/mol. The number of oxime groups is 1. The van der Waals surface area contributed by atoms with Crippen LogP contribution in [0.5, 0.6) is 0 Å². The molecule has 7 nitrogen and oxygen atoms in total. The van der Waals surface area contributed by atoms with Gasteiger partial charge >= 0.3 is 0 Å². The van der Waals surface area contributed by atoms with Gasteiger partial charge in [-0.15, -0.1) is 0 Å². The molecule has 1 aromatic heterocycles. The standard InChI is InChI=1S/C13H16N4O3S/c1-17(9-7-13(14)16-18)21(19,20)12-6-2-5-11-10(12)4-3-8-15-11/h2-6,8,18H,7,9H2,1H3,(H2,14,16). The van der Waals surface area contributed by atoms with Crippen LogP contribution < -0.4 is 5.73 Å². The van der Waals surface area contributed by atoms with E-state index in [4.69, 9.17) is 10.9 Å². The summed E-state index contributed by atoms with van der Waals surface area (Å²) in [7, 11) is -2.21. The van der Waals surface area contributed by atoms with Gasteiger partial charge < -0.3 is 10.9 Å².